The van der Waals surface area contributed by atoms with E-state index in [1.54, 1.807) is 74.4 Å². The molecule has 0 radical (unpaired) electrons. The van der Waals surface area contributed by atoms with E-state index in [1.807, 2.05) is 194 Å². The number of aromatic nitrogens is 14. The van der Waals surface area contributed by atoms with Crippen molar-refractivity contribution in [3.05, 3.63) is 268 Å². The monoisotopic (exact) mass is 1210 g/mol. The van der Waals surface area contributed by atoms with Crippen molar-refractivity contribution in [2.45, 2.75) is 0 Å². The number of pyridine rings is 12. The maximum Gasteiger partial charge on any atom is 0.0996 e. The normalized spacial score (nSPS) is 10.3. The number of fused-ring (bicyclic) bond motifs is 12. The first-order chi connectivity index (χ1) is 38.8. The van der Waals surface area contributed by atoms with E-state index in [1.165, 1.54) is 0 Å². The van der Waals surface area contributed by atoms with Crippen molar-refractivity contribution in [1.82, 2.24) is 69.8 Å². The van der Waals surface area contributed by atoms with E-state index in [2.05, 4.69) is 59.8 Å². The van der Waals surface area contributed by atoms with Crippen LogP contribution in [0.15, 0.2) is 268 Å². The van der Waals surface area contributed by atoms with E-state index < -0.39 is 0 Å². The summed E-state index contributed by atoms with van der Waals surface area (Å²) in [5.74, 6) is 0. The second-order valence-corrected chi connectivity index (χ2v) is 16.9. The van der Waals surface area contributed by atoms with E-state index in [0.717, 1.165) is 111 Å². The van der Waals surface area contributed by atoms with Gasteiger partial charge in [0.05, 0.1) is 89.7 Å². The minimum Gasteiger partial charge on any atom is -0.255 e. The van der Waals surface area contributed by atoms with Gasteiger partial charge in [0, 0.05) is 135 Å². The number of hydrogen-bond donors (Lipinski definition) is 0. The summed E-state index contributed by atoms with van der Waals surface area (Å²) in [6.07, 6.45) is 21.3. The Morgan fingerprint density at radius 2 is 0.312 bits per heavy atom. The third kappa shape index (κ3) is 12.9. The Kier molecular flexibility index (Phi) is 18.8. The standard InChI is InChI=1S/C24H12N6.4C10H8N2.2Ru/c1-5-13-17(25-9-1)18-14(6-2-10-26-18)22-21(13)29-23-15-7-3-11-27-19(15)20-16(24(23)30-22)8-4-12-28-20;4*1-3-7-11-9(5-1)10-6-2-4-8-12-10;;/h1-12H;4*1-8H;;. The molecule has 14 nitrogen and oxygen atoms in total. The Bertz CT molecular complexity index is 3650. The van der Waals surface area contributed by atoms with Gasteiger partial charge in [-0.15, -0.1) is 0 Å². The van der Waals surface area contributed by atoms with E-state index in [4.69, 9.17) is 9.97 Å². The Hall–Kier alpha value is -9.87. The molecule has 13 heterocycles. The first-order valence-electron chi connectivity index (χ1n) is 24.8. The summed E-state index contributed by atoms with van der Waals surface area (Å²) in [5.41, 5.74) is 13.9. The Balaban J connectivity index is 0.000000131. The predicted octanol–water partition coefficient (Wildman–Crippen LogP) is 13.5. The molecule has 2 aromatic carbocycles. The zero-order valence-electron chi connectivity index (χ0n) is 42.4. The number of nitrogens with zero attached hydrogens (tertiary/aromatic N) is 14. The van der Waals surface area contributed by atoms with Crippen molar-refractivity contribution in [2.24, 2.45) is 0 Å². The minimum absolute atomic E-state index is 0. The van der Waals surface area contributed by atoms with Gasteiger partial charge in [0.15, 0.2) is 0 Å². The molecule has 15 aromatic rings. The minimum atomic E-state index is 0. The van der Waals surface area contributed by atoms with Crippen molar-refractivity contribution < 1.29 is 39.0 Å². The van der Waals surface area contributed by atoms with Gasteiger partial charge >= 0.3 is 0 Å². The molecule has 0 aliphatic carbocycles. The molecule has 0 spiro atoms. The fraction of sp³-hybridized carbons (Fsp3) is 0. The molecule has 80 heavy (non-hydrogen) atoms. The molecule has 0 aliphatic heterocycles. The van der Waals surface area contributed by atoms with E-state index in [-0.39, 0.29) is 39.0 Å². The summed E-state index contributed by atoms with van der Waals surface area (Å²) in [5, 5.41) is 3.76. The molecule has 0 saturated carbocycles. The Morgan fingerprint density at radius 1 is 0.150 bits per heavy atom. The third-order valence-electron chi connectivity index (χ3n) is 12.0. The van der Waals surface area contributed by atoms with Crippen LogP contribution in [0.2, 0.25) is 0 Å². The second-order valence-electron chi connectivity index (χ2n) is 16.9. The van der Waals surface area contributed by atoms with Crippen LogP contribution < -0.4 is 0 Å². The molecule has 16 heteroatoms. The van der Waals surface area contributed by atoms with Crippen LogP contribution in [0.4, 0.5) is 0 Å². The van der Waals surface area contributed by atoms with Crippen LogP contribution in [0, 0.1) is 0 Å². The van der Waals surface area contributed by atoms with Gasteiger partial charge in [0.25, 0.3) is 0 Å². The third-order valence-corrected chi connectivity index (χ3v) is 12.0. The zero-order chi connectivity index (χ0) is 52.6. The quantitative estimate of drug-likeness (QED) is 0.0922. The van der Waals surface area contributed by atoms with Crippen LogP contribution in [-0.4, -0.2) is 69.8 Å². The molecule has 0 N–H and O–H groups in total. The summed E-state index contributed by atoms with van der Waals surface area (Å²) in [6, 6.07) is 62.2. The molecular weight excluding hydrogens is 1170 g/mol. The second kappa shape index (κ2) is 27.4. The molecule has 0 bridgehead atoms. The van der Waals surface area contributed by atoms with Gasteiger partial charge in [0.2, 0.25) is 0 Å². The molecule has 0 saturated heterocycles. The fourth-order valence-electron chi connectivity index (χ4n) is 8.44. The van der Waals surface area contributed by atoms with Crippen molar-refractivity contribution in [3.8, 4) is 45.6 Å². The molecule has 15 rings (SSSR count). The zero-order valence-corrected chi connectivity index (χ0v) is 45.8. The number of rotatable bonds is 4. The molecule has 386 valence electrons. The van der Waals surface area contributed by atoms with Crippen LogP contribution >= 0.6 is 0 Å². The van der Waals surface area contributed by atoms with Crippen LogP contribution in [0.5, 0.6) is 0 Å². The van der Waals surface area contributed by atoms with Crippen molar-refractivity contribution in [2.75, 3.05) is 0 Å². The predicted molar refractivity (Wildman–Crippen MR) is 308 cm³/mol. The van der Waals surface area contributed by atoms with Crippen LogP contribution in [-0.2, 0) is 39.0 Å². The Labute approximate surface area is 485 Å². The number of benzene rings is 2. The molecule has 13 aromatic heterocycles. The topological polar surface area (TPSA) is 180 Å². The van der Waals surface area contributed by atoms with Crippen molar-refractivity contribution in [1.29, 1.82) is 0 Å². The smallest absolute Gasteiger partial charge is 0.0996 e. The summed E-state index contributed by atoms with van der Waals surface area (Å²) in [7, 11) is 0. The molecule has 0 atom stereocenters. The maximum absolute atomic E-state index is 5.14. The van der Waals surface area contributed by atoms with Gasteiger partial charge in [-0.25, -0.2) is 9.97 Å². The molecule has 0 unspecified atom stereocenters. The van der Waals surface area contributed by atoms with Crippen LogP contribution in [0.1, 0.15) is 0 Å². The first kappa shape index (κ1) is 54.9. The number of hydrogen-bond acceptors (Lipinski definition) is 14. The average molecular weight is 1210 g/mol. The van der Waals surface area contributed by atoms with Crippen molar-refractivity contribution >= 4 is 65.7 Å². The van der Waals surface area contributed by atoms with Gasteiger partial charge in [-0.3, -0.25) is 59.8 Å². The first-order valence-corrected chi connectivity index (χ1v) is 24.8. The van der Waals surface area contributed by atoms with Gasteiger partial charge in [0.1, 0.15) is 0 Å². The summed E-state index contributed by atoms with van der Waals surface area (Å²) in [6.45, 7) is 0. The average Bonchev–Trinajstić information content (AvgIpc) is 3.66. The van der Waals surface area contributed by atoms with Crippen LogP contribution in [0.3, 0.4) is 0 Å². The van der Waals surface area contributed by atoms with Gasteiger partial charge in [-0.05, 0) is 146 Å². The van der Waals surface area contributed by atoms with Crippen molar-refractivity contribution in [3.63, 3.8) is 0 Å². The largest absolute Gasteiger partial charge is 0.255 e. The SMILES string of the molecule is [Ru].[Ru].c1ccc(-c2ccccn2)nc1.c1ccc(-c2ccccn2)nc1.c1ccc(-c2ccccn2)nc1.c1ccc(-c2ccccn2)nc1.c1cnc2c(c1)c1nc3c4cccnc4c4ncccc4c3nc1c1cccnc12. The summed E-state index contributed by atoms with van der Waals surface area (Å²) in [4.78, 5) is 62.2. The van der Waals surface area contributed by atoms with Gasteiger partial charge < -0.3 is 0 Å². The Morgan fingerprint density at radius 3 is 0.463 bits per heavy atom. The molecule has 0 fully saturated rings. The van der Waals surface area contributed by atoms with E-state index in [0.29, 0.717) is 0 Å². The molecule has 0 aliphatic rings. The van der Waals surface area contributed by atoms with E-state index >= 15 is 0 Å². The van der Waals surface area contributed by atoms with Gasteiger partial charge in [-0.2, -0.15) is 0 Å². The molecule has 0 amide bonds. The van der Waals surface area contributed by atoms with Gasteiger partial charge in [-0.1, -0.05) is 48.5 Å². The molecular formula is C64H44N14Ru2. The maximum atomic E-state index is 5.14. The summed E-state index contributed by atoms with van der Waals surface area (Å²) >= 11 is 0. The summed E-state index contributed by atoms with van der Waals surface area (Å²) < 4.78 is 0. The fourth-order valence-corrected chi connectivity index (χ4v) is 8.44. The van der Waals surface area contributed by atoms with E-state index in [9.17, 15) is 0 Å². The van der Waals surface area contributed by atoms with Crippen LogP contribution in [0.25, 0.3) is 111 Å².